The molecule has 0 radical (unpaired) electrons. The standard InChI is InChI=1S/C30H43N3O7S/c1-21-18-33(22(2)20-34)30(36)26-17-25(31-41(5,37)38)14-15-27(26)40-23(3)11-9-10-16-39-28(21)19-32(4)29(35)24-12-7-6-8-13-24/h6-8,12-15,17,21-23,28,31,34H,9-11,16,18-20H2,1-5H3/t21-,22-,23-,28+/m0/s1. The summed E-state index contributed by atoms with van der Waals surface area (Å²) in [5.74, 6) is -0.379. The van der Waals surface area contributed by atoms with Gasteiger partial charge in [0.05, 0.1) is 36.7 Å². The Bertz CT molecular complexity index is 1270. The summed E-state index contributed by atoms with van der Waals surface area (Å²) in [7, 11) is -1.84. The fourth-order valence-corrected chi connectivity index (χ4v) is 5.37. The number of likely N-dealkylation sites (N-methyl/N-ethyl adjacent to an activating group) is 1. The maximum Gasteiger partial charge on any atom is 0.258 e. The lowest BCUT2D eigenvalue weighted by Crippen LogP contribution is -2.48. The Morgan fingerprint density at radius 2 is 1.88 bits per heavy atom. The van der Waals surface area contributed by atoms with Crippen molar-refractivity contribution in [2.75, 3.05) is 44.3 Å². The number of aliphatic hydroxyl groups excluding tert-OH is 1. The number of hydrogen-bond donors (Lipinski definition) is 2. The molecule has 11 heteroatoms. The van der Waals surface area contributed by atoms with Gasteiger partial charge in [0.2, 0.25) is 10.0 Å². The highest BCUT2D eigenvalue weighted by Crippen LogP contribution is 2.29. The van der Waals surface area contributed by atoms with E-state index in [4.69, 9.17) is 9.47 Å². The third-order valence-corrected chi connectivity index (χ3v) is 7.78. The predicted octanol–water partition coefficient (Wildman–Crippen LogP) is 3.63. The van der Waals surface area contributed by atoms with E-state index in [2.05, 4.69) is 4.72 Å². The van der Waals surface area contributed by atoms with E-state index in [9.17, 15) is 23.1 Å². The molecule has 1 aliphatic rings. The van der Waals surface area contributed by atoms with Crippen LogP contribution in [0.4, 0.5) is 5.69 Å². The van der Waals surface area contributed by atoms with Crippen LogP contribution in [0.25, 0.3) is 0 Å². The van der Waals surface area contributed by atoms with Crippen molar-refractivity contribution in [1.29, 1.82) is 0 Å². The smallest absolute Gasteiger partial charge is 0.258 e. The van der Waals surface area contributed by atoms with Gasteiger partial charge in [0.1, 0.15) is 5.75 Å². The lowest BCUT2D eigenvalue weighted by Gasteiger charge is -2.36. The summed E-state index contributed by atoms with van der Waals surface area (Å²) in [5.41, 5.74) is 1.02. The number of amides is 2. The van der Waals surface area contributed by atoms with Crippen molar-refractivity contribution in [2.24, 2.45) is 5.92 Å². The van der Waals surface area contributed by atoms with Gasteiger partial charge in [-0.3, -0.25) is 14.3 Å². The Kier molecular flexibility index (Phi) is 11.6. The van der Waals surface area contributed by atoms with E-state index >= 15 is 0 Å². The number of hydrogen-bond acceptors (Lipinski definition) is 7. The predicted molar refractivity (Wildman–Crippen MR) is 159 cm³/mol. The Morgan fingerprint density at radius 1 is 1.17 bits per heavy atom. The quantitative estimate of drug-likeness (QED) is 0.505. The molecule has 2 aromatic rings. The van der Waals surface area contributed by atoms with Gasteiger partial charge in [-0.25, -0.2) is 8.42 Å². The average Bonchev–Trinajstić information content (AvgIpc) is 2.93. The molecule has 0 saturated carbocycles. The number of nitrogens with zero attached hydrogens (tertiary/aromatic N) is 2. The topological polar surface area (TPSA) is 125 Å². The summed E-state index contributed by atoms with van der Waals surface area (Å²) in [5, 5.41) is 10.1. The zero-order valence-corrected chi connectivity index (χ0v) is 25.4. The fraction of sp³-hybridized carbons (Fsp3) is 0.533. The first-order valence-corrected chi connectivity index (χ1v) is 15.9. The van der Waals surface area contributed by atoms with Crippen molar-refractivity contribution in [1.82, 2.24) is 9.80 Å². The van der Waals surface area contributed by atoms with Crippen molar-refractivity contribution in [2.45, 2.75) is 58.3 Å². The normalized spacial score (nSPS) is 21.7. The molecule has 0 bridgehead atoms. The van der Waals surface area contributed by atoms with E-state index in [0.29, 0.717) is 24.5 Å². The number of anilines is 1. The van der Waals surface area contributed by atoms with Gasteiger partial charge in [0.25, 0.3) is 11.8 Å². The van der Waals surface area contributed by atoms with E-state index in [1.807, 2.05) is 32.0 Å². The maximum absolute atomic E-state index is 14.1. The molecule has 0 spiro atoms. The van der Waals surface area contributed by atoms with Crippen molar-refractivity contribution in [3.05, 3.63) is 59.7 Å². The van der Waals surface area contributed by atoms with Crippen LogP contribution < -0.4 is 9.46 Å². The molecule has 0 unspecified atom stereocenters. The molecule has 2 amide bonds. The summed E-state index contributed by atoms with van der Waals surface area (Å²) < 4.78 is 38.7. The molecule has 4 atom stereocenters. The number of benzene rings is 2. The molecule has 1 heterocycles. The van der Waals surface area contributed by atoms with Gasteiger partial charge >= 0.3 is 0 Å². The van der Waals surface area contributed by atoms with Gasteiger partial charge in [-0.15, -0.1) is 0 Å². The molecule has 1 aliphatic heterocycles. The number of carbonyl (C=O) groups is 2. The maximum atomic E-state index is 14.1. The first-order valence-electron chi connectivity index (χ1n) is 14.0. The van der Waals surface area contributed by atoms with Crippen LogP contribution in [0.5, 0.6) is 5.75 Å². The molecule has 226 valence electrons. The van der Waals surface area contributed by atoms with Crippen molar-refractivity contribution >= 4 is 27.5 Å². The summed E-state index contributed by atoms with van der Waals surface area (Å²) in [6, 6.07) is 13.1. The van der Waals surface area contributed by atoms with Crippen LogP contribution in [0, 0.1) is 5.92 Å². The Balaban J connectivity index is 1.95. The van der Waals surface area contributed by atoms with E-state index in [0.717, 1.165) is 25.5 Å². The SMILES string of the molecule is C[C@H]1CCCCO[C@H](CN(C)C(=O)c2ccccc2)[C@@H](C)CN([C@@H](C)CO)C(=O)c2cc(NS(C)(=O)=O)ccc2O1. The zero-order chi connectivity index (χ0) is 30.2. The van der Waals surface area contributed by atoms with Crippen LogP contribution in [0.1, 0.15) is 60.7 Å². The number of rotatable bonds is 7. The number of carbonyl (C=O) groups excluding carboxylic acids is 2. The van der Waals surface area contributed by atoms with Gasteiger partial charge in [-0.2, -0.15) is 0 Å². The molecule has 0 saturated heterocycles. The fourth-order valence-electron chi connectivity index (χ4n) is 4.82. The summed E-state index contributed by atoms with van der Waals surface area (Å²) in [6.07, 6.45) is 2.83. The van der Waals surface area contributed by atoms with Crippen LogP contribution in [0.15, 0.2) is 48.5 Å². The van der Waals surface area contributed by atoms with Crippen LogP contribution in [0.3, 0.4) is 0 Å². The Hall–Kier alpha value is -3.15. The molecular formula is C30H43N3O7S. The minimum Gasteiger partial charge on any atom is -0.490 e. The summed E-state index contributed by atoms with van der Waals surface area (Å²) >= 11 is 0. The Labute approximate surface area is 243 Å². The lowest BCUT2D eigenvalue weighted by atomic mass is 10.0. The third kappa shape index (κ3) is 9.44. The highest BCUT2D eigenvalue weighted by atomic mass is 32.2. The summed E-state index contributed by atoms with van der Waals surface area (Å²) in [6.45, 7) is 6.41. The van der Waals surface area contributed by atoms with Crippen LogP contribution in [-0.2, 0) is 14.8 Å². The number of nitrogens with one attached hydrogen (secondary N) is 1. The Morgan fingerprint density at radius 3 is 2.54 bits per heavy atom. The first-order chi connectivity index (χ1) is 19.4. The number of ether oxygens (including phenoxy) is 2. The molecule has 0 aliphatic carbocycles. The molecule has 2 N–H and O–H groups in total. The molecule has 10 nitrogen and oxygen atoms in total. The van der Waals surface area contributed by atoms with Crippen molar-refractivity contribution in [3.63, 3.8) is 0 Å². The monoisotopic (exact) mass is 589 g/mol. The molecule has 2 aromatic carbocycles. The van der Waals surface area contributed by atoms with E-state index < -0.39 is 22.0 Å². The average molecular weight is 590 g/mol. The highest BCUT2D eigenvalue weighted by molar-refractivity contribution is 7.92. The molecule has 0 aromatic heterocycles. The minimum atomic E-state index is -3.57. The second-order valence-corrected chi connectivity index (χ2v) is 12.7. The van der Waals surface area contributed by atoms with Crippen LogP contribution in [0.2, 0.25) is 0 Å². The highest BCUT2D eigenvalue weighted by Gasteiger charge is 2.31. The van der Waals surface area contributed by atoms with E-state index in [1.54, 1.807) is 48.0 Å². The van der Waals surface area contributed by atoms with Gasteiger partial charge < -0.3 is 24.4 Å². The first kappa shape index (κ1) is 32.4. The van der Waals surface area contributed by atoms with Gasteiger partial charge in [-0.05, 0) is 63.4 Å². The third-order valence-electron chi connectivity index (χ3n) is 7.18. The number of fused-ring (bicyclic) bond motifs is 1. The van der Waals surface area contributed by atoms with Gasteiger partial charge in [0, 0.05) is 43.9 Å². The molecule has 3 rings (SSSR count). The largest absolute Gasteiger partial charge is 0.490 e. The van der Waals surface area contributed by atoms with Crippen molar-refractivity contribution in [3.8, 4) is 5.75 Å². The van der Waals surface area contributed by atoms with Crippen molar-refractivity contribution < 1.29 is 32.6 Å². The van der Waals surface area contributed by atoms with E-state index in [-0.39, 0.29) is 48.4 Å². The van der Waals surface area contributed by atoms with Crippen LogP contribution in [-0.4, -0.2) is 93.0 Å². The summed E-state index contributed by atoms with van der Waals surface area (Å²) in [4.78, 5) is 30.3. The molecule has 41 heavy (non-hydrogen) atoms. The molecule has 0 fully saturated rings. The zero-order valence-electron chi connectivity index (χ0n) is 24.6. The van der Waals surface area contributed by atoms with Gasteiger partial charge in [0.15, 0.2) is 0 Å². The number of aliphatic hydroxyl groups is 1. The second kappa shape index (κ2) is 14.7. The lowest BCUT2D eigenvalue weighted by molar-refractivity contribution is -0.0149. The molecular weight excluding hydrogens is 546 g/mol. The second-order valence-electron chi connectivity index (χ2n) is 10.9. The van der Waals surface area contributed by atoms with E-state index in [1.165, 1.54) is 6.07 Å². The van der Waals surface area contributed by atoms with Gasteiger partial charge in [-0.1, -0.05) is 25.1 Å². The minimum absolute atomic E-state index is 0.122. The van der Waals surface area contributed by atoms with Crippen LogP contribution >= 0.6 is 0 Å². The number of sulfonamides is 1.